The van der Waals surface area contributed by atoms with Crippen molar-refractivity contribution in [1.29, 1.82) is 0 Å². The van der Waals surface area contributed by atoms with E-state index in [9.17, 15) is 13.2 Å². The average molecular weight is 512 g/mol. The number of nitrogens with zero attached hydrogens (tertiary/aromatic N) is 1. The number of carbonyl (C=O) groups is 1. The minimum atomic E-state index is -3.97. The number of aryl methyl sites for hydroxylation is 2. The minimum absolute atomic E-state index is 0.0774. The van der Waals surface area contributed by atoms with Gasteiger partial charge in [0, 0.05) is 6.42 Å². The molecule has 0 bridgehead atoms. The van der Waals surface area contributed by atoms with Crippen molar-refractivity contribution in [2.75, 3.05) is 0 Å². The van der Waals surface area contributed by atoms with E-state index in [0.717, 1.165) is 58.0 Å². The number of H-pyrrole nitrogens is 1. The molecule has 0 fully saturated rings. The van der Waals surface area contributed by atoms with Crippen LogP contribution in [0.25, 0.3) is 21.8 Å². The van der Waals surface area contributed by atoms with Crippen LogP contribution in [0.3, 0.4) is 0 Å². The molecule has 5 aromatic rings. The Morgan fingerprint density at radius 3 is 2.41 bits per heavy atom. The van der Waals surface area contributed by atoms with Crippen molar-refractivity contribution >= 4 is 37.7 Å². The van der Waals surface area contributed by atoms with Gasteiger partial charge in [0.1, 0.15) is 5.82 Å². The predicted molar refractivity (Wildman–Crippen MR) is 147 cm³/mol. The summed E-state index contributed by atoms with van der Waals surface area (Å²) in [4.78, 5) is 21.5. The standard InChI is InChI=1S/C30H29N3O3S/c1-21-14-18-25(19-15-21)37(35,36)33-30(34)26(24-17-16-22-8-2-3-9-23(22)20-24)10-4-7-13-29-31-27-11-5-6-12-28(27)32-29/h2-3,5-6,8-9,11-12,14-20,26H,4,7,10,13H2,1H3,(H,31,32)(H,33,34). The lowest BCUT2D eigenvalue weighted by atomic mass is 9.91. The first-order valence-corrected chi connectivity index (χ1v) is 13.9. The van der Waals surface area contributed by atoms with Crippen LogP contribution in [-0.2, 0) is 21.2 Å². The Balaban J connectivity index is 1.33. The molecule has 0 aliphatic rings. The molecule has 1 heterocycles. The van der Waals surface area contributed by atoms with E-state index in [0.29, 0.717) is 6.42 Å². The van der Waals surface area contributed by atoms with Gasteiger partial charge < -0.3 is 4.98 Å². The number of unbranched alkanes of at least 4 members (excludes halogenated alkanes) is 1. The highest BCUT2D eigenvalue weighted by Crippen LogP contribution is 2.27. The monoisotopic (exact) mass is 511 g/mol. The fourth-order valence-electron chi connectivity index (χ4n) is 4.62. The molecule has 188 valence electrons. The lowest BCUT2D eigenvalue weighted by Gasteiger charge is -2.18. The summed E-state index contributed by atoms with van der Waals surface area (Å²) < 4.78 is 28.2. The normalized spacial score (nSPS) is 12.6. The third kappa shape index (κ3) is 5.73. The second kappa shape index (κ2) is 10.6. The summed E-state index contributed by atoms with van der Waals surface area (Å²) in [5, 5.41) is 2.09. The second-order valence-electron chi connectivity index (χ2n) is 9.39. The Kier molecular flexibility index (Phi) is 7.06. The highest BCUT2D eigenvalue weighted by Gasteiger charge is 2.26. The average Bonchev–Trinajstić information content (AvgIpc) is 3.31. The van der Waals surface area contributed by atoms with Gasteiger partial charge in [0.2, 0.25) is 5.91 Å². The Bertz CT molecular complexity index is 1620. The molecule has 6 nitrogen and oxygen atoms in total. The Hall–Kier alpha value is -3.97. The third-order valence-corrected chi connectivity index (χ3v) is 8.02. The number of benzene rings is 4. The fraction of sp³-hybridized carbons (Fsp3) is 0.200. The molecule has 1 aromatic heterocycles. The van der Waals surface area contributed by atoms with E-state index >= 15 is 0 Å². The number of fused-ring (bicyclic) bond motifs is 2. The van der Waals surface area contributed by atoms with Gasteiger partial charge >= 0.3 is 0 Å². The zero-order valence-corrected chi connectivity index (χ0v) is 21.5. The largest absolute Gasteiger partial charge is 0.342 e. The van der Waals surface area contributed by atoms with Crippen LogP contribution in [0.2, 0.25) is 0 Å². The molecule has 0 spiro atoms. The second-order valence-corrected chi connectivity index (χ2v) is 11.1. The molecule has 37 heavy (non-hydrogen) atoms. The van der Waals surface area contributed by atoms with Gasteiger partial charge in [-0.25, -0.2) is 18.1 Å². The lowest BCUT2D eigenvalue weighted by Crippen LogP contribution is -2.34. The van der Waals surface area contributed by atoms with E-state index in [2.05, 4.69) is 14.7 Å². The van der Waals surface area contributed by atoms with Gasteiger partial charge in [-0.05, 0) is 60.4 Å². The van der Waals surface area contributed by atoms with Gasteiger partial charge in [0.25, 0.3) is 10.0 Å². The summed E-state index contributed by atoms with van der Waals surface area (Å²) in [6.45, 7) is 1.89. The molecular formula is C30H29N3O3S. The summed E-state index contributed by atoms with van der Waals surface area (Å²) in [5.74, 6) is -0.199. The summed E-state index contributed by atoms with van der Waals surface area (Å²) in [7, 11) is -3.97. The number of hydrogen-bond donors (Lipinski definition) is 2. The van der Waals surface area contributed by atoms with Crippen LogP contribution in [0.15, 0.2) is 95.9 Å². The van der Waals surface area contributed by atoms with Crippen LogP contribution in [0.4, 0.5) is 0 Å². The van der Waals surface area contributed by atoms with Crippen molar-refractivity contribution in [2.24, 2.45) is 0 Å². The minimum Gasteiger partial charge on any atom is -0.342 e. The Morgan fingerprint density at radius 1 is 0.892 bits per heavy atom. The zero-order chi connectivity index (χ0) is 25.8. The molecule has 0 aliphatic heterocycles. The number of aromatic nitrogens is 2. The summed E-state index contributed by atoms with van der Waals surface area (Å²) in [5.41, 5.74) is 3.70. The summed E-state index contributed by atoms with van der Waals surface area (Å²) >= 11 is 0. The Morgan fingerprint density at radius 2 is 1.62 bits per heavy atom. The van der Waals surface area contributed by atoms with Gasteiger partial charge in [-0.3, -0.25) is 4.79 Å². The number of para-hydroxylation sites is 2. The summed E-state index contributed by atoms with van der Waals surface area (Å²) in [6.07, 6.45) is 2.84. The van der Waals surface area contributed by atoms with E-state index in [1.54, 1.807) is 12.1 Å². The first-order valence-electron chi connectivity index (χ1n) is 12.4. The Labute approximate surface area is 216 Å². The topological polar surface area (TPSA) is 91.9 Å². The maximum atomic E-state index is 13.4. The van der Waals surface area contributed by atoms with Crippen LogP contribution in [0, 0.1) is 6.92 Å². The van der Waals surface area contributed by atoms with Gasteiger partial charge in [-0.2, -0.15) is 0 Å². The number of amides is 1. The molecule has 1 amide bonds. The van der Waals surface area contributed by atoms with Gasteiger partial charge in [-0.15, -0.1) is 0 Å². The van der Waals surface area contributed by atoms with E-state index in [-0.39, 0.29) is 4.90 Å². The van der Waals surface area contributed by atoms with Gasteiger partial charge in [0.05, 0.1) is 21.8 Å². The van der Waals surface area contributed by atoms with Crippen molar-refractivity contribution in [3.05, 3.63) is 108 Å². The zero-order valence-electron chi connectivity index (χ0n) is 20.6. The van der Waals surface area contributed by atoms with Crippen molar-refractivity contribution in [1.82, 2.24) is 14.7 Å². The number of nitrogens with one attached hydrogen (secondary N) is 2. The van der Waals surface area contributed by atoms with Crippen LogP contribution in [0.5, 0.6) is 0 Å². The van der Waals surface area contributed by atoms with Gasteiger partial charge in [-0.1, -0.05) is 78.7 Å². The quantitative estimate of drug-likeness (QED) is 0.237. The number of hydrogen-bond acceptors (Lipinski definition) is 4. The molecule has 0 saturated carbocycles. The molecule has 0 aliphatic carbocycles. The summed E-state index contributed by atoms with van der Waals surface area (Å²) in [6, 6.07) is 28.2. The molecule has 0 saturated heterocycles. The molecule has 5 rings (SSSR count). The van der Waals surface area contributed by atoms with Crippen molar-refractivity contribution < 1.29 is 13.2 Å². The molecule has 0 radical (unpaired) electrons. The highest BCUT2D eigenvalue weighted by atomic mass is 32.2. The van der Waals surface area contributed by atoms with Crippen LogP contribution >= 0.6 is 0 Å². The highest BCUT2D eigenvalue weighted by molar-refractivity contribution is 7.90. The van der Waals surface area contributed by atoms with Crippen molar-refractivity contribution in [3.63, 3.8) is 0 Å². The predicted octanol–water partition coefficient (Wildman–Crippen LogP) is 6.03. The number of rotatable bonds is 9. The molecule has 7 heteroatoms. The molecule has 1 unspecified atom stereocenters. The molecule has 2 N–H and O–H groups in total. The van der Waals surface area contributed by atoms with E-state index in [1.165, 1.54) is 12.1 Å². The molecule has 4 aromatic carbocycles. The first kappa shape index (κ1) is 24.7. The third-order valence-electron chi connectivity index (χ3n) is 6.65. The maximum Gasteiger partial charge on any atom is 0.264 e. The van der Waals surface area contributed by atoms with Crippen molar-refractivity contribution in [3.8, 4) is 0 Å². The van der Waals surface area contributed by atoms with E-state index in [1.807, 2.05) is 73.7 Å². The number of aromatic amines is 1. The molecular weight excluding hydrogens is 482 g/mol. The van der Waals surface area contributed by atoms with Crippen LogP contribution < -0.4 is 4.72 Å². The fourth-order valence-corrected chi connectivity index (χ4v) is 5.64. The smallest absolute Gasteiger partial charge is 0.264 e. The van der Waals surface area contributed by atoms with Crippen molar-refractivity contribution in [2.45, 2.75) is 43.4 Å². The van der Waals surface area contributed by atoms with Crippen LogP contribution in [0.1, 0.15) is 42.1 Å². The number of carbonyl (C=O) groups excluding carboxylic acids is 1. The van der Waals surface area contributed by atoms with Gasteiger partial charge in [0.15, 0.2) is 0 Å². The van der Waals surface area contributed by atoms with E-state index < -0.39 is 21.8 Å². The molecule has 1 atom stereocenters. The number of imidazole rings is 1. The van der Waals surface area contributed by atoms with Crippen LogP contribution in [-0.4, -0.2) is 24.3 Å². The SMILES string of the molecule is Cc1ccc(S(=O)(=O)NC(=O)C(CCCCc2nc3ccccc3[nH]2)c2ccc3ccccc3c2)cc1. The number of sulfonamides is 1. The van der Waals surface area contributed by atoms with E-state index in [4.69, 9.17) is 0 Å². The lowest BCUT2D eigenvalue weighted by molar-refractivity contribution is -0.121. The maximum absolute atomic E-state index is 13.4. The first-order chi connectivity index (χ1) is 17.9.